The Balaban J connectivity index is 1.27. The SMILES string of the molecule is COc1ccc(N2C[C@H](C(=O)Oc3ccc(N4C(=O)[C@H]5CC=C(C)C[C@H]5C4=O)c(C)c3)CC2=O)cc1. The van der Waals surface area contributed by atoms with Crippen LogP contribution in [0.15, 0.2) is 54.1 Å². The van der Waals surface area contributed by atoms with Crippen molar-refractivity contribution in [2.75, 3.05) is 23.5 Å². The molecule has 5 rings (SSSR count). The molecule has 3 atom stereocenters. The van der Waals surface area contributed by atoms with E-state index in [9.17, 15) is 19.2 Å². The third kappa shape index (κ3) is 4.17. The van der Waals surface area contributed by atoms with E-state index in [1.54, 1.807) is 61.4 Å². The van der Waals surface area contributed by atoms with Crippen molar-refractivity contribution < 1.29 is 28.7 Å². The molecule has 3 aliphatic rings. The number of carbonyl (C=O) groups excluding carboxylic acids is 4. The monoisotopic (exact) mass is 488 g/mol. The van der Waals surface area contributed by atoms with Gasteiger partial charge in [0.05, 0.1) is 30.6 Å². The lowest BCUT2D eigenvalue weighted by Gasteiger charge is -2.19. The molecule has 2 aromatic carbocycles. The number of carbonyl (C=O) groups is 4. The number of rotatable bonds is 5. The zero-order chi connectivity index (χ0) is 25.6. The van der Waals surface area contributed by atoms with Gasteiger partial charge in [-0.25, -0.2) is 4.90 Å². The molecule has 2 aliphatic heterocycles. The van der Waals surface area contributed by atoms with Gasteiger partial charge in [0, 0.05) is 18.7 Å². The van der Waals surface area contributed by atoms with Crippen molar-refractivity contribution in [1.82, 2.24) is 0 Å². The van der Waals surface area contributed by atoms with Crippen molar-refractivity contribution in [3.63, 3.8) is 0 Å². The van der Waals surface area contributed by atoms with E-state index in [-0.39, 0.29) is 42.5 Å². The fourth-order valence-corrected chi connectivity index (χ4v) is 5.29. The summed E-state index contributed by atoms with van der Waals surface area (Å²) in [7, 11) is 1.57. The third-order valence-electron chi connectivity index (χ3n) is 7.29. The summed E-state index contributed by atoms with van der Waals surface area (Å²) < 4.78 is 10.7. The van der Waals surface area contributed by atoms with Gasteiger partial charge in [0.15, 0.2) is 0 Å². The van der Waals surface area contributed by atoms with Gasteiger partial charge in [-0.3, -0.25) is 19.2 Å². The molecule has 2 fully saturated rings. The zero-order valence-corrected chi connectivity index (χ0v) is 20.5. The summed E-state index contributed by atoms with van der Waals surface area (Å²) in [6, 6.07) is 12.0. The van der Waals surface area contributed by atoms with E-state index < -0.39 is 11.9 Å². The molecular formula is C28H28N2O6. The van der Waals surface area contributed by atoms with Crippen molar-refractivity contribution >= 4 is 35.1 Å². The van der Waals surface area contributed by atoms with Crippen molar-refractivity contribution in [2.45, 2.75) is 33.1 Å². The van der Waals surface area contributed by atoms with E-state index in [1.165, 1.54) is 4.90 Å². The summed E-state index contributed by atoms with van der Waals surface area (Å²) in [6.07, 6.45) is 3.29. The maximum Gasteiger partial charge on any atom is 0.316 e. The maximum atomic E-state index is 13.0. The molecule has 36 heavy (non-hydrogen) atoms. The van der Waals surface area contributed by atoms with E-state index in [0.717, 1.165) is 5.57 Å². The van der Waals surface area contributed by atoms with Crippen LogP contribution in [-0.2, 0) is 19.2 Å². The van der Waals surface area contributed by atoms with Crippen molar-refractivity contribution in [2.24, 2.45) is 17.8 Å². The van der Waals surface area contributed by atoms with Gasteiger partial charge in [0.25, 0.3) is 0 Å². The van der Waals surface area contributed by atoms with Gasteiger partial charge >= 0.3 is 5.97 Å². The second-order valence-electron chi connectivity index (χ2n) is 9.69. The predicted octanol–water partition coefficient (Wildman–Crippen LogP) is 3.81. The van der Waals surface area contributed by atoms with Gasteiger partial charge < -0.3 is 14.4 Å². The normalized spacial score (nSPS) is 23.6. The summed E-state index contributed by atoms with van der Waals surface area (Å²) in [5.74, 6) is -1.22. The molecular weight excluding hydrogens is 460 g/mol. The molecule has 2 heterocycles. The maximum absolute atomic E-state index is 13.0. The Labute approximate surface area is 209 Å². The molecule has 0 spiro atoms. The van der Waals surface area contributed by atoms with Crippen LogP contribution in [0.3, 0.4) is 0 Å². The van der Waals surface area contributed by atoms with Crippen LogP contribution in [0.1, 0.15) is 31.7 Å². The molecule has 8 heteroatoms. The third-order valence-corrected chi connectivity index (χ3v) is 7.29. The summed E-state index contributed by atoms with van der Waals surface area (Å²) in [4.78, 5) is 54.3. The molecule has 186 valence electrons. The molecule has 3 amide bonds. The Morgan fingerprint density at radius 2 is 1.61 bits per heavy atom. The quantitative estimate of drug-likeness (QED) is 0.275. The highest BCUT2D eigenvalue weighted by Gasteiger charge is 2.49. The van der Waals surface area contributed by atoms with Crippen LogP contribution in [0.4, 0.5) is 11.4 Å². The van der Waals surface area contributed by atoms with Crippen LogP contribution in [0, 0.1) is 24.7 Å². The molecule has 2 aromatic rings. The molecule has 0 saturated carbocycles. The van der Waals surface area contributed by atoms with Gasteiger partial charge in [-0.2, -0.15) is 0 Å². The number of anilines is 2. The van der Waals surface area contributed by atoms with Gasteiger partial charge in [0.1, 0.15) is 11.5 Å². The lowest BCUT2D eigenvalue weighted by atomic mass is 9.82. The number of nitrogens with zero attached hydrogens (tertiary/aromatic N) is 2. The van der Waals surface area contributed by atoms with Crippen LogP contribution in [-0.4, -0.2) is 37.3 Å². The average Bonchev–Trinajstić information content (AvgIpc) is 3.37. The molecule has 0 aromatic heterocycles. The Morgan fingerprint density at radius 1 is 0.917 bits per heavy atom. The second kappa shape index (κ2) is 9.26. The first kappa shape index (κ1) is 23.8. The van der Waals surface area contributed by atoms with Gasteiger partial charge in [0.2, 0.25) is 17.7 Å². The first-order chi connectivity index (χ1) is 17.3. The van der Waals surface area contributed by atoms with Crippen LogP contribution in [0.2, 0.25) is 0 Å². The smallest absolute Gasteiger partial charge is 0.316 e. The molecule has 1 aliphatic carbocycles. The number of methoxy groups -OCH3 is 1. The number of esters is 1. The lowest BCUT2D eigenvalue weighted by molar-refractivity contribution is -0.139. The van der Waals surface area contributed by atoms with Crippen LogP contribution in [0.25, 0.3) is 0 Å². The summed E-state index contributed by atoms with van der Waals surface area (Å²) in [5.41, 5.74) is 3.00. The van der Waals surface area contributed by atoms with Gasteiger partial charge in [-0.05, 0) is 74.7 Å². The van der Waals surface area contributed by atoms with Crippen molar-refractivity contribution in [1.29, 1.82) is 0 Å². The highest BCUT2D eigenvalue weighted by molar-refractivity contribution is 6.22. The molecule has 0 radical (unpaired) electrons. The Kier molecular flexibility index (Phi) is 6.12. The van der Waals surface area contributed by atoms with Gasteiger partial charge in [-0.1, -0.05) is 11.6 Å². The fraction of sp³-hybridized carbons (Fsp3) is 0.357. The minimum atomic E-state index is -0.597. The summed E-state index contributed by atoms with van der Waals surface area (Å²) in [5, 5.41) is 0. The van der Waals surface area contributed by atoms with Crippen LogP contribution < -0.4 is 19.3 Å². The number of allylic oxidation sites excluding steroid dienone is 2. The van der Waals surface area contributed by atoms with Gasteiger partial charge in [-0.15, -0.1) is 0 Å². The van der Waals surface area contributed by atoms with E-state index in [4.69, 9.17) is 9.47 Å². The van der Waals surface area contributed by atoms with E-state index in [1.807, 2.05) is 13.0 Å². The minimum absolute atomic E-state index is 0.0644. The number of hydrogen-bond acceptors (Lipinski definition) is 6. The first-order valence-electron chi connectivity index (χ1n) is 12.1. The summed E-state index contributed by atoms with van der Waals surface area (Å²) in [6.45, 7) is 4.00. The minimum Gasteiger partial charge on any atom is -0.497 e. The Morgan fingerprint density at radius 3 is 2.31 bits per heavy atom. The molecule has 0 unspecified atom stereocenters. The molecule has 2 saturated heterocycles. The largest absolute Gasteiger partial charge is 0.497 e. The van der Waals surface area contributed by atoms with Crippen molar-refractivity contribution in [3.05, 3.63) is 59.7 Å². The topological polar surface area (TPSA) is 93.2 Å². The summed E-state index contributed by atoms with van der Waals surface area (Å²) >= 11 is 0. The number of amides is 3. The van der Waals surface area contributed by atoms with Crippen LogP contribution in [0.5, 0.6) is 11.5 Å². The van der Waals surface area contributed by atoms with E-state index in [0.29, 0.717) is 41.3 Å². The Hall–Kier alpha value is -3.94. The van der Waals surface area contributed by atoms with Crippen molar-refractivity contribution in [3.8, 4) is 11.5 Å². The highest BCUT2D eigenvalue weighted by atomic mass is 16.5. The predicted molar refractivity (Wildman–Crippen MR) is 133 cm³/mol. The first-order valence-corrected chi connectivity index (χ1v) is 12.1. The Bertz CT molecular complexity index is 1280. The highest BCUT2D eigenvalue weighted by Crippen LogP contribution is 2.41. The molecule has 8 nitrogen and oxygen atoms in total. The molecule has 0 N–H and O–H groups in total. The molecule has 0 bridgehead atoms. The average molecular weight is 489 g/mol. The number of imide groups is 1. The second-order valence-corrected chi connectivity index (χ2v) is 9.69. The zero-order valence-electron chi connectivity index (χ0n) is 20.5. The number of hydrogen-bond donors (Lipinski definition) is 0. The van der Waals surface area contributed by atoms with E-state index >= 15 is 0 Å². The van der Waals surface area contributed by atoms with E-state index in [2.05, 4.69) is 0 Å². The van der Waals surface area contributed by atoms with Crippen LogP contribution >= 0.6 is 0 Å². The standard InChI is InChI=1S/C28H28N2O6/c1-16-4-10-22-23(12-16)27(33)30(26(22)32)24-11-9-21(13-17(24)2)36-28(34)18-14-25(31)29(15-18)19-5-7-20(35-3)8-6-19/h4-9,11,13,18,22-23H,10,12,14-15H2,1-3H3/t18-,22+,23-/m1/s1. The number of fused-ring (bicyclic) bond motifs is 1. The number of ether oxygens (including phenoxy) is 2. The fourth-order valence-electron chi connectivity index (χ4n) is 5.29. The lowest BCUT2D eigenvalue weighted by Crippen LogP contribution is -2.31. The number of aryl methyl sites for hydroxylation is 1. The number of benzene rings is 2.